The zero-order valence-corrected chi connectivity index (χ0v) is 19.4. The number of amides is 2. The molecule has 2 amide bonds. The molecule has 4 rings (SSSR count). The maximum absolute atomic E-state index is 13.3. The monoisotopic (exact) mass is 461 g/mol. The van der Waals surface area contributed by atoms with E-state index in [0.717, 1.165) is 11.4 Å². The van der Waals surface area contributed by atoms with Crippen LogP contribution in [0.4, 0.5) is 0 Å². The summed E-state index contributed by atoms with van der Waals surface area (Å²) in [7, 11) is 1.56. The average Bonchev–Trinajstić information content (AvgIpc) is 3.20. The van der Waals surface area contributed by atoms with Crippen LogP contribution in [0.2, 0.25) is 0 Å². The van der Waals surface area contributed by atoms with Gasteiger partial charge in [0.05, 0.1) is 18.4 Å². The predicted molar refractivity (Wildman–Crippen MR) is 127 cm³/mol. The van der Waals surface area contributed by atoms with Crippen molar-refractivity contribution in [2.75, 3.05) is 33.3 Å². The van der Waals surface area contributed by atoms with Gasteiger partial charge >= 0.3 is 5.97 Å². The van der Waals surface area contributed by atoms with E-state index in [1.165, 1.54) is 6.07 Å². The number of aryl methyl sites for hydroxylation is 2. The number of ether oxygens (including phenoxy) is 1. The molecule has 0 spiro atoms. The summed E-state index contributed by atoms with van der Waals surface area (Å²) in [6, 6.07) is 15.5. The molecule has 0 aliphatic carbocycles. The first-order chi connectivity index (χ1) is 16.3. The van der Waals surface area contributed by atoms with Crippen LogP contribution < -0.4 is 4.74 Å². The lowest BCUT2D eigenvalue weighted by Gasteiger charge is -2.35. The van der Waals surface area contributed by atoms with Gasteiger partial charge in [0.2, 0.25) is 0 Å². The molecule has 0 unspecified atom stereocenters. The highest BCUT2D eigenvalue weighted by Crippen LogP contribution is 2.23. The minimum Gasteiger partial charge on any atom is -0.497 e. The molecule has 0 saturated carbocycles. The number of nitrogens with zero attached hydrogens (tertiary/aromatic N) is 3. The first kappa shape index (κ1) is 23.1. The van der Waals surface area contributed by atoms with E-state index in [1.54, 1.807) is 53.3 Å². The smallest absolute Gasteiger partial charge is 0.337 e. The maximum atomic E-state index is 13.3. The minimum atomic E-state index is -1.05. The van der Waals surface area contributed by atoms with E-state index in [9.17, 15) is 19.5 Å². The van der Waals surface area contributed by atoms with Gasteiger partial charge in [-0.2, -0.15) is 0 Å². The lowest BCUT2D eigenvalue weighted by atomic mass is 10.1. The van der Waals surface area contributed by atoms with Crippen LogP contribution in [0.3, 0.4) is 0 Å². The molecule has 2 aromatic carbocycles. The zero-order chi connectivity index (χ0) is 24.4. The van der Waals surface area contributed by atoms with Gasteiger partial charge in [-0.15, -0.1) is 0 Å². The lowest BCUT2D eigenvalue weighted by Crippen LogP contribution is -2.50. The second-order valence-corrected chi connectivity index (χ2v) is 8.30. The molecule has 3 aromatic rings. The van der Waals surface area contributed by atoms with Crippen molar-refractivity contribution >= 4 is 17.8 Å². The van der Waals surface area contributed by atoms with Crippen molar-refractivity contribution in [3.8, 4) is 11.4 Å². The van der Waals surface area contributed by atoms with Crippen LogP contribution in [0.5, 0.6) is 5.75 Å². The summed E-state index contributed by atoms with van der Waals surface area (Å²) in [5, 5.41) is 9.68. The topological polar surface area (TPSA) is 92.1 Å². The van der Waals surface area contributed by atoms with Gasteiger partial charge in [-0.05, 0) is 62.4 Å². The Morgan fingerprint density at radius 2 is 1.35 bits per heavy atom. The van der Waals surface area contributed by atoms with Crippen LogP contribution in [-0.4, -0.2) is 70.5 Å². The van der Waals surface area contributed by atoms with Crippen LogP contribution in [0.25, 0.3) is 5.69 Å². The first-order valence-electron chi connectivity index (χ1n) is 11.1. The van der Waals surface area contributed by atoms with Crippen molar-refractivity contribution in [3.63, 3.8) is 0 Å². The summed E-state index contributed by atoms with van der Waals surface area (Å²) in [5.41, 5.74) is 3.33. The van der Waals surface area contributed by atoms with Crippen LogP contribution in [0.1, 0.15) is 42.5 Å². The Morgan fingerprint density at radius 3 is 1.88 bits per heavy atom. The van der Waals surface area contributed by atoms with Crippen LogP contribution in [-0.2, 0) is 0 Å². The molecular weight excluding hydrogens is 434 g/mol. The fourth-order valence-electron chi connectivity index (χ4n) is 4.31. The predicted octanol–water partition coefficient (Wildman–Crippen LogP) is 3.40. The molecule has 0 radical (unpaired) electrons. The minimum absolute atomic E-state index is 0.0994. The molecule has 8 heteroatoms. The third-order valence-electron chi connectivity index (χ3n) is 6.16. The van der Waals surface area contributed by atoms with E-state index in [4.69, 9.17) is 4.74 Å². The van der Waals surface area contributed by atoms with Gasteiger partial charge in [-0.25, -0.2) is 4.79 Å². The molecular formula is C26H27N3O5. The summed E-state index contributed by atoms with van der Waals surface area (Å²) in [6.45, 7) is 5.41. The molecule has 1 saturated heterocycles. The molecule has 1 N–H and O–H groups in total. The van der Waals surface area contributed by atoms with Gasteiger partial charge in [0.1, 0.15) is 5.75 Å². The van der Waals surface area contributed by atoms with Crippen LogP contribution in [0.15, 0.2) is 54.6 Å². The van der Waals surface area contributed by atoms with Gasteiger partial charge in [0.15, 0.2) is 0 Å². The number of aromatic carboxylic acids is 1. The Hall–Kier alpha value is -4.07. The second-order valence-electron chi connectivity index (χ2n) is 8.30. The number of methoxy groups -OCH3 is 1. The van der Waals surface area contributed by atoms with Gasteiger partial charge in [-0.3, -0.25) is 9.59 Å². The quantitative estimate of drug-likeness (QED) is 0.629. The van der Waals surface area contributed by atoms with Crippen molar-refractivity contribution in [2.45, 2.75) is 13.8 Å². The van der Waals surface area contributed by atoms with Crippen molar-refractivity contribution in [1.29, 1.82) is 0 Å². The number of carboxylic acids is 1. The number of carbonyl (C=O) groups is 3. The number of hydrogen-bond acceptors (Lipinski definition) is 4. The molecule has 176 valence electrons. The molecule has 0 atom stereocenters. The molecule has 0 bridgehead atoms. The van der Waals surface area contributed by atoms with E-state index in [-0.39, 0.29) is 17.4 Å². The number of hydrogen-bond donors (Lipinski definition) is 1. The van der Waals surface area contributed by atoms with E-state index >= 15 is 0 Å². The van der Waals surface area contributed by atoms with Crippen LogP contribution in [0, 0.1) is 13.8 Å². The van der Waals surface area contributed by atoms with Gasteiger partial charge in [0.25, 0.3) is 11.8 Å². The highest BCUT2D eigenvalue weighted by Gasteiger charge is 2.27. The molecule has 34 heavy (non-hydrogen) atoms. The summed E-state index contributed by atoms with van der Waals surface area (Å²) in [5.74, 6) is -0.716. The largest absolute Gasteiger partial charge is 0.497 e. The lowest BCUT2D eigenvalue weighted by molar-refractivity contribution is 0.0535. The Labute approximate surface area is 198 Å². The summed E-state index contributed by atoms with van der Waals surface area (Å²) < 4.78 is 7.04. The summed E-state index contributed by atoms with van der Waals surface area (Å²) in [6.07, 6.45) is 0. The standard InChI is InChI=1S/C26H27N3O5/c1-17-7-8-18(2)29(17)23-16-20(9-10-22(23)26(32)33)25(31)28-13-11-27(12-14-28)24(30)19-5-4-6-21(15-19)34-3/h4-10,15-16H,11-14H2,1-3H3,(H,32,33). The molecule has 2 heterocycles. The second kappa shape index (κ2) is 9.43. The van der Waals surface area contributed by atoms with Crippen LogP contribution >= 0.6 is 0 Å². The van der Waals surface area contributed by atoms with Crippen molar-refractivity contribution in [2.24, 2.45) is 0 Å². The number of aromatic nitrogens is 1. The van der Waals surface area contributed by atoms with Crippen molar-refractivity contribution < 1.29 is 24.2 Å². The molecule has 8 nitrogen and oxygen atoms in total. The third-order valence-corrected chi connectivity index (χ3v) is 6.16. The van der Waals surface area contributed by atoms with E-state index in [2.05, 4.69) is 0 Å². The fourth-order valence-corrected chi connectivity index (χ4v) is 4.31. The zero-order valence-electron chi connectivity index (χ0n) is 19.4. The van der Waals surface area contributed by atoms with Gasteiger partial charge in [0, 0.05) is 48.7 Å². The first-order valence-corrected chi connectivity index (χ1v) is 11.1. The maximum Gasteiger partial charge on any atom is 0.337 e. The molecule has 1 aromatic heterocycles. The highest BCUT2D eigenvalue weighted by atomic mass is 16.5. The van der Waals surface area contributed by atoms with E-state index in [0.29, 0.717) is 48.7 Å². The fraction of sp³-hybridized carbons (Fsp3) is 0.269. The molecule has 1 aliphatic rings. The van der Waals surface area contributed by atoms with Crippen molar-refractivity contribution in [3.05, 3.63) is 82.7 Å². The number of piperazine rings is 1. The Bertz CT molecular complexity index is 1240. The Kier molecular flexibility index (Phi) is 6.40. The number of carboxylic acid groups (broad SMARTS) is 1. The number of benzene rings is 2. The SMILES string of the molecule is COc1cccc(C(=O)N2CCN(C(=O)c3ccc(C(=O)O)c(-n4c(C)ccc4C)c3)CC2)c1. The number of rotatable bonds is 5. The van der Waals surface area contributed by atoms with Crippen molar-refractivity contribution in [1.82, 2.24) is 14.4 Å². The Balaban J connectivity index is 1.51. The molecule has 1 fully saturated rings. The van der Waals surface area contributed by atoms with E-state index in [1.807, 2.05) is 30.5 Å². The van der Waals surface area contributed by atoms with Gasteiger partial charge in [-0.1, -0.05) is 6.07 Å². The normalized spacial score (nSPS) is 13.6. The average molecular weight is 462 g/mol. The summed E-state index contributed by atoms with van der Waals surface area (Å²) >= 11 is 0. The highest BCUT2D eigenvalue weighted by molar-refractivity contribution is 5.99. The van der Waals surface area contributed by atoms with Gasteiger partial charge < -0.3 is 24.2 Å². The summed E-state index contributed by atoms with van der Waals surface area (Å²) in [4.78, 5) is 41.4. The number of carbonyl (C=O) groups excluding carboxylic acids is 2. The third kappa shape index (κ3) is 4.39. The van der Waals surface area contributed by atoms with E-state index < -0.39 is 5.97 Å². The Morgan fingerprint density at radius 1 is 0.794 bits per heavy atom. The molecule has 1 aliphatic heterocycles.